The van der Waals surface area contributed by atoms with Crippen LogP contribution in [0.15, 0.2) is 34.1 Å². The van der Waals surface area contributed by atoms with Crippen molar-refractivity contribution in [1.82, 2.24) is 4.98 Å². The van der Waals surface area contributed by atoms with Gasteiger partial charge in [-0.1, -0.05) is 23.2 Å². The van der Waals surface area contributed by atoms with Crippen molar-refractivity contribution in [2.24, 2.45) is 0 Å². The Morgan fingerprint density at radius 1 is 1.19 bits per heavy atom. The first-order valence-electron chi connectivity index (χ1n) is 4.53. The van der Waals surface area contributed by atoms with Gasteiger partial charge in [0.25, 0.3) is 0 Å². The molecule has 0 atom stereocenters. The van der Waals surface area contributed by atoms with Crippen LogP contribution >= 0.6 is 34.5 Å². The van der Waals surface area contributed by atoms with E-state index in [0.29, 0.717) is 15.9 Å². The third kappa shape index (κ3) is 1.71. The Labute approximate surface area is 105 Å². The monoisotopic (exact) mass is 269 g/mol. The standard InChI is InChI=1S/C11H5Cl2NOS/c12-7-1-2-8-6(3-7)4-9(15-8)11-14-10(13)5-16-11/h1-5H. The molecule has 3 aromatic rings. The third-order valence-electron chi connectivity index (χ3n) is 2.17. The highest BCUT2D eigenvalue weighted by Gasteiger charge is 2.09. The Kier molecular flexibility index (Phi) is 2.39. The van der Waals surface area contributed by atoms with Crippen LogP contribution in [0.25, 0.3) is 21.7 Å². The highest BCUT2D eigenvalue weighted by molar-refractivity contribution is 7.13. The lowest BCUT2D eigenvalue weighted by atomic mass is 10.2. The van der Waals surface area contributed by atoms with Gasteiger partial charge in [-0.3, -0.25) is 0 Å². The van der Waals surface area contributed by atoms with E-state index in [-0.39, 0.29) is 0 Å². The van der Waals surface area contributed by atoms with Gasteiger partial charge in [0.05, 0.1) is 0 Å². The topological polar surface area (TPSA) is 26.0 Å². The Bertz CT molecular complexity index is 659. The molecule has 0 unspecified atom stereocenters. The molecule has 0 spiro atoms. The molecule has 2 heterocycles. The van der Waals surface area contributed by atoms with Crippen LogP contribution in [0.4, 0.5) is 0 Å². The third-order valence-corrected chi connectivity index (χ3v) is 3.58. The molecule has 2 aromatic heterocycles. The molecule has 0 aliphatic heterocycles. The maximum atomic E-state index is 5.90. The minimum Gasteiger partial charge on any atom is -0.454 e. The number of nitrogens with zero attached hydrogens (tertiary/aromatic N) is 1. The van der Waals surface area contributed by atoms with Crippen molar-refractivity contribution in [2.45, 2.75) is 0 Å². The molecule has 3 rings (SSSR count). The fourth-order valence-electron chi connectivity index (χ4n) is 1.49. The molecule has 0 amide bonds. The average Bonchev–Trinajstić information content (AvgIpc) is 2.83. The lowest BCUT2D eigenvalue weighted by molar-refractivity contribution is 0.631. The number of hydrogen-bond acceptors (Lipinski definition) is 3. The van der Waals surface area contributed by atoms with Gasteiger partial charge in [0, 0.05) is 15.8 Å². The number of aromatic nitrogens is 1. The molecular formula is C11H5Cl2NOS. The summed E-state index contributed by atoms with van der Waals surface area (Å²) in [5, 5.41) is 4.69. The zero-order valence-corrected chi connectivity index (χ0v) is 10.2. The summed E-state index contributed by atoms with van der Waals surface area (Å²) in [5.41, 5.74) is 0.797. The molecule has 0 saturated heterocycles. The highest BCUT2D eigenvalue weighted by Crippen LogP contribution is 2.32. The van der Waals surface area contributed by atoms with Crippen LogP contribution in [0.2, 0.25) is 10.2 Å². The molecule has 0 bridgehead atoms. The molecule has 0 aliphatic carbocycles. The van der Waals surface area contributed by atoms with Gasteiger partial charge in [-0.25, -0.2) is 4.98 Å². The van der Waals surface area contributed by atoms with Gasteiger partial charge in [-0.2, -0.15) is 0 Å². The Balaban J connectivity index is 2.18. The van der Waals surface area contributed by atoms with Gasteiger partial charge in [0.2, 0.25) is 0 Å². The second kappa shape index (κ2) is 3.77. The van der Waals surface area contributed by atoms with Gasteiger partial charge in [-0.15, -0.1) is 11.3 Å². The fourth-order valence-corrected chi connectivity index (χ4v) is 2.57. The van der Waals surface area contributed by atoms with E-state index in [1.165, 1.54) is 11.3 Å². The van der Waals surface area contributed by atoms with Crippen LogP contribution in [0.5, 0.6) is 0 Å². The molecule has 1 aromatic carbocycles. The Hall–Kier alpha value is -1.03. The van der Waals surface area contributed by atoms with Crippen LogP contribution < -0.4 is 0 Å². The van der Waals surface area contributed by atoms with Gasteiger partial charge < -0.3 is 4.42 Å². The van der Waals surface area contributed by atoms with Gasteiger partial charge >= 0.3 is 0 Å². The summed E-state index contributed by atoms with van der Waals surface area (Å²) in [7, 11) is 0. The minimum absolute atomic E-state index is 0.485. The highest BCUT2D eigenvalue weighted by atomic mass is 35.5. The van der Waals surface area contributed by atoms with Crippen LogP contribution in [-0.2, 0) is 0 Å². The first-order chi connectivity index (χ1) is 7.72. The predicted molar refractivity (Wildman–Crippen MR) is 67.3 cm³/mol. The molecule has 80 valence electrons. The van der Waals surface area contributed by atoms with Crippen LogP contribution in [0.3, 0.4) is 0 Å². The SMILES string of the molecule is Clc1ccc2oc(-c3nc(Cl)cs3)cc2c1. The quantitative estimate of drug-likeness (QED) is 0.630. The summed E-state index contributed by atoms with van der Waals surface area (Å²) >= 11 is 13.1. The number of fused-ring (bicyclic) bond motifs is 1. The van der Waals surface area contributed by atoms with E-state index < -0.39 is 0 Å². The summed E-state index contributed by atoms with van der Waals surface area (Å²) in [4.78, 5) is 4.16. The van der Waals surface area contributed by atoms with E-state index in [1.54, 1.807) is 11.4 Å². The van der Waals surface area contributed by atoms with Crippen molar-refractivity contribution in [3.05, 3.63) is 39.8 Å². The van der Waals surface area contributed by atoms with E-state index >= 15 is 0 Å². The van der Waals surface area contributed by atoms with Crippen LogP contribution in [0.1, 0.15) is 0 Å². The maximum Gasteiger partial charge on any atom is 0.164 e. The maximum absolute atomic E-state index is 5.90. The van der Waals surface area contributed by atoms with Crippen molar-refractivity contribution in [3.8, 4) is 10.8 Å². The predicted octanol–water partition coefficient (Wildman–Crippen LogP) is 4.86. The molecule has 0 radical (unpaired) electrons. The lowest BCUT2D eigenvalue weighted by Crippen LogP contribution is -1.68. The second-order valence-electron chi connectivity index (χ2n) is 3.27. The number of thiazole rings is 1. The number of hydrogen-bond donors (Lipinski definition) is 0. The van der Waals surface area contributed by atoms with Crippen molar-refractivity contribution in [3.63, 3.8) is 0 Å². The number of halogens is 2. The van der Waals surface area contributed by atoms with Crippen LogP contribution in [-0.4, -0.2) is 4.98 Å². The molecule has 16 heavy (non-hydrogen) atoms. The minimum atomic E-state index is 0.485. The summed E-state index contributed by atoms with van der Waals surface area (Å²) in [6, 6.07) is 7.41. The van der Waals surface area contributed by atoms with Gasteiger partial charge in [0.15, 0.2) is 10.8 Å². The number of furan rings is 1. The Morgan fingerprint density at radius 2 is 2.06 bits per heavy atom. The van der Waals surface area contributed by atoms with Crippen molar-refractivity contribution in [1.29, 1.82) is 0 Å². The molecule has 0 aliphatic rings. The first kappa shape index (κ1) is 10.1. The van der Waals surface area contributed by atoms with Crippen molar-refractivity contribution >= 4 is 45.5 Å². The van der Waals surface area contributed by atoms with E-state index in [9.17, 15) is 0 Å². The van der Waals surface area contributed by atoms with Crippen molar-refractivity contribution < 1.29 is 4.42 Å². The zero-order valence-electron chi connectivity index (χ0n) is 7.91. The Morgan fingerprint density at radius 3 is 2.81 bits per heavy atom. The van der Waals surface area contributed by atoms with Crippen LogP contribution in [0, 0.1) is 0 Å². The first-order valence-corrected chi connectivity index (χ1v) is 6.16. The summed E-state index contributed by atoms with van der Waals surface area (Å²) in [6.45, 7) is 0. The molecule has 2 nitrogen and oxygen atoms in total. The van der Waals surface area contributed by atoms with Gasteiger partial charge in [0.1, 0.15) is 10.7 Å². The zero-order chi connectivity index (χ0) is 11.1. The van der Waals surface area contributed by atoms with E-state index in [4.69, 9.17) is 27.6 Å². The average molecular weight is 270 g/mol. The van der Waals surface area contributed by atoms with Gasteiger partial charge in [-0.05, 0) is 24.3 Å². The fraction of sp³-hybridized carbons (Fsp3) is 0. The normalized spacial score (nSPS) is 11.1. The van der Waals surface area contributed by atoms with E-state index in [2.05, 4.69) is 4.98 Å². The molecule has 0 N–H and O–H groups in total. The lowest BCUT2D eigenvalue weighted by Gasteiger charge is -1.88. The molecule has 5 heteroatoms. The van der Waals surface area contributed by atoms with E-state index in [1.807, 2.05) is 18.2 Å². The summed E-state index contributed by atoms with van der Waals surface area (Å²) in [6.07, 6.45) is 0. The second-order valence-corrected chi connectivity index (χ2v) is 4.95. The summed E-state index contributed by atoms with van der Waals surface area (Å²) in [5.74, 6) is 0.717. The number of rotatable bonds is 1. The van der Waals surface area contributed by atoms with E-state index in [0.717, 1.165) is 16.0 Å². The molecule has 0 fully saturated rings. The van der Waals surface area contributed by atoms with Crippen molar-refractivity contribution in [2.75, 3.05) is 0 Å². The number of benzene rings is 1. The molecule has 0 saturated carbocycles. The molecular weight excluding hydrogens is 265 g/mol. The summed E-state index contributed by atoms with van der Waals surface area (Å²) < 4.78 is 5.65. The largest absolute Gasteiger partial charge is 0.454 e. The smallest absolute Gasteiger partial charge is 0.164 e.